The fraction of sp³-hybridized carbons (Fsp3) is 0.529. The van der Waals surface area contributed by atoms with Gasteiger partial charge in [0.2, 0.25) is 0 Å². The van der Waals surface area contributed by atoms with Crippen molar-refractivity contribution in [3.05, 3.63) is 42.2 Å². The van der Waals surface area contributed by atoms with Crippen molar-refractivity contribution in [1.82, 2.24) is 20.3 Å². The fourth-order valence-electron chi connectivity index (χ4n) is 3.26. The van der Waals surface area contributed by atoms with Crippen molar-refractivity contribution in [2.24, 2.45) is 5.92 Å². The second kappa shape index (κ2) is 6.85. The van der Waals surface area contributed by atoms with E-state index >= 15 is 0 Å². The van der Waals surface area contributed by atoms with Gasteiger partial charge >= 0.3 is 0 Å². The van der Waals surface area contributed by atoms with E-state index in [4.69, 9.17) is 0 Å². The minimum Gasteiger partial charge on any atom is -0.308 e. The zero-order chi connectivity index (χ0) is 14.5. The van der Waals surface area contributed by atoms with Gasteiger partial charge in [-0.25, -0.2) is 0 Å². The summed E-state index contributed by atoms with van der Waals surface area (Å²) in [7, 11) is 0. The summed E-state index contributed by atoms with van der Waals surface area (Å²) in [6.45, 7) is 3.12. The van der Waals surface area contributed by atoms with E-state index in [9.17, 15) is 0 Å². The second-order valence-electron chi connectivity index (χ2n) is 5.90. The molecule has 4 nitrogen and oxygen atoms in total. The van der Waals surface area contributed by atoms with E-state index in [2.05, 4.69) is 22.4 Å². The van der Waals surface area contributed by atoms with Gasteiger partial charge in [0, 0.05) is 12.6 Å². The number of aromatic nitrogens is 3. The van der Waals surface area contributed by atoms with E-state index in [-0.39, 0.29) is 0 Å². The minimum absolute atomic E-state index is 0.644. The molecule has 0 amide bonds. The molecule has 0 radical (unpaired) electrons. The van der Waals surface area contributed by atoms with E-state index in [1.807, 2.05) is 36.5 Å². The number of para-hydroxylation sites is 1. The molecule has 0 bridgehead atoms. The van der Waals surface area contributed by atoms with Crippen molar-refractivity contribution in [2.75, 3.05) is 0 Å². The minimum atomic E-state index is 0.644. The lowest BCUT2D eigenvalue weighted by Gasteiger charge is -2.31. The van der Waals surface area contributed by atoms with Crippen LogP contribution in [0.2, 0.25) is 0 Å². The van der Waals surface area contributed by atoms with Gasteiger partial charge in [-0.1, -0.05) is 44.4 Å². The first-order chi connectivity index (χ1) is 10.4. The van der Waals surface area contributed by atoms with Crippen LogP contribution in [0, 0.1) is 5.92 Å². The van der Waals surface area contributed by atoms with Gasteiger partial charge in [-0.15, -0.1) is 0 Å². The summed E-state index contributed by atoms with van der Waals surface area (Å²) < 4.78 is 0. The topological polar surface area (TPSA) is 42.7 Å². The van der Waals surface area contributed by atoms with Crippen LogP contribution >= 0.6 is 0 Å². The van der Waals surface area contributed by atoms with Crippen molar-refractivity contribution in [2.45, 2.75) is 51.6 Å². The number of hydrogen-bond donors (Lipinski definition) is 1. The van der Waals surface area contributed by atoms with Gasteiger partial charge in [0.1, 0.15) is 0 Å². The molecule has 1 aromatic heterocycles. The Labute approximate surface area is 126 Å². The summed E-state index contributed by atoms with van der Waals surface area (Å²) >= 11 is 0. The Hall–Kier alpha value is -1.68. The molecule has 1 heterocycles. The number of nitrogens with one attached hydrogen (secondary N) is 1. The van der Waals surface area contributed by atoms with Crippen LogP contribution in [0.4, 0.5) is 0 Å². The molecule has 21 heavy (non-hydrogen) atoms. The highest BCUT2D eigenvalue weighted by atomic mass is 15.5. The van der Waals surface area contributed by atoms with Crippen LogP contribution in [-0.2, 0) is 6.54 Å². The van der Waals surface area contributed by atoms with E-state index in [0.717, 1.165) is 23.8 Å². The molecule has 0 spiro atoms. The lowest BCUT2D eigenvalue weighted by atomic mass is 9.83. The standard InChI is InChI=1S/C17H24N4/c1-2-14-8-6-7-11-17(14)18-12-15-13-19-21(20-15)16-9-4-3-5-10-16/h3-5,9-10,13-14,17-18H,2,6-8,11-12H2,1H3. The number of nitrogens with zero attached hydrogens (tertiary/aromatic N) is 3. The zero-order valence-electron chi connectivity index (χ0n) is 12.7. The monoisotopic (exact) mass is 284 g/mol. The number of rotatable bonds is 5. The van der Waals surface area contributed by atoms with Gasteiger partial charge in [0.05, 0.1) is 17.6 Å². The summed E-state index contributed by atoms with van der Waals surface area (Å²) in [5, 5.41) is 12.6. The zero-order valence-corrected chi connectivity index (χ0v) is 12.7. The smallest absolute Gasteiger partial charge is 0.0969 e. The average molecular weight is 284 g/mol. The van der Waals surface area contributed by atoms with Gasteiger partial charge in [-0.05, 0) is 30.9 Å². The van der Waals surface area contributed by atoms with E-state index in [1.54, 1.807) is 4.80 Å². The Kier molecular flexibility index (Phi) is 4.65. The molecule has 4 heteroatoms. The van der Waals surface area contributed by atoms with Crippen molar-refractivity contribution < 1.29 is 0 Å². The van der Waals surface area contributed by atoms with E-state index in [0.29, 0.717) is 6.04 Å². The van der Waals surface area contributed by atoms with E-state index < -0.39 is 0 Å². The lowest BCUT2D eigenvalue weighted by molar-refractivity contribution is 0.253. The Morgan fingerprint density at radius 2 is 2.00 bits per heavy atom. The summed E-state index contributed by atoms with van der Waals surface area (Å²) in [4.78, 5) is 1.70. The molecule has 1 aliphatic rings. The first kappa shape index (κ1) is 14.3. The van der Waals surface area contributed by atoms with Crippen LogP contribution in [-0.4, -0.2) is 21.0 Å². The van der Waals surface area contributed by atoms with Crippen LogP contribution in [0.3, 0.4) is 0 Å². The maximum Gasteiger partial charge on any atom is 0.0969 e. The normalized spacial score (nSPS) is 22.3. The Morgan fingerprint density at radius 3 is 2.81 bits per heavy atom. The molecular weight excluding hydrogens is 260 g/mol. The Morgan fingerprint density at radius 1 is 1.19 bits per heavy atom. The highest BCUT2D eigenvalue weighted by molar-refractivity contribution is 5.28. The second-order valence-corrected chi connectivity index (χ2v) is 5.90. The highest BCUT2D eigenvalue weighted by Crippen LogP contribution is 2.26. The third-order valence-corrected chi connectivity index (χ3v) is 4.51. The third-order valence-electron chi connectivity index (χ3n) is 4.51. The SMILES string of the molecule is CCC1CCCCC1NCc1cnn(-c2ccccc2)n1. The van der Waals surface area contributed by atoms with Crippen LogP contribution in [0.1, 0.15) is 44.7 Å². The van der Waals surface area contributed by atoms with Crippen LogP contribution < -0.4 is 5.32 Å². The summed E-state index contributed by atoms with van der Waals surface area (Å²) in [5.41, 5.74) is 2.02. The molecule has 2 atom stereocenters. The molecule has 0 aliphatic heterocycles. The molecule has 0 saturated heterocycles. The molecule has 1 saturated carbocycles. The van der Waals surface area contributed by atoms with Gasteiger partial charge in [0.25, 0.3) is 0 Å². The van der Waals surface area contributed by atoms with Crippen molar-refractivity contribution in [1.29, 1.82) is 0 Å². The largest absolute Gasteiger partial charge is 0.308 e. The van der Waals surface area contributed by atoms with Crippen molar-refractivity contribution in [3.8, 4) is 5.69 Å². The molecular formula is C17H24N4. The van der Waals surface area contributed by atoms with Crippen molar-refractivity contribution >= 4 is 0 Å². The molecule has 2 unspecified atom stereocenters. The molecule has 3 rings (SSSR count). The fourth-order valence-corrected chi connectivity index (χ4v) is 3.26. The van der Waals surface area contributed by atoms with E-state index in [1.165, 1.54) is 32.1 Å². The van der Waals surface area contributed by atoms with Gasteiger partial charge in [0.15, 0.2) is 0 Å². The molecule has 1 aromatic carbocycles. The lowest BCUT2D eigenvalue weighted by Crippen LogP contribution is -2.37. The highest BCUT2D eigenvalue weighted by Gasteiger charge is 2.23. The van der Waals surface area contributed by atoms with Crippen LogP contribution in [0.25, 0.3) is 5.69 Å². The maximum absolute atomic E-state index is 4.56. The molecule has 1 aliphatic carbocycles. The third kappa shape index (κ3) is 3.50. The maximum atomic E-state index is 4.56. The average Bonchev–Trinajstić information content (AvgIpc) is 3.03. The molecule has 2 aromatic rings. The number of benzene rings is 1. The predicted molar refractivity (Wildman–Crippen MR) is 84.2 cm³/mol. The number of hydrogen-bond acceptors (Lipinski definition) is 3. The van der Waals surface area contributed by atoms with Gasteiger partial charge < -0.3 is 5.32 Å². The Bertz CT molecular complexity index is 549. The van der Waals surface area contributed by atoms with Crippen LogP contribution in [0.5, 0.6) is 0 Å². The molecule has 1 fully saturated rings. The Balaban J connectivity index is 1.60. The van der Waals surface area contributed by atoms with Crippen molar-refractivity contribution in [3.63, 3.8) is 0 Å². The summed E-state index contributed by atoms with van der Waals surface area (Å²) in [6, 6.07) is 10.7. The van der Waals surface area contributed by atoms with Gasteiger partial charge in [-0.2, -0.15) is 15.0 Å². The molecule has 1 N–H and O–H groups in total. The summed E-state index contributed by atoms with van der Waals surface area (Å²) in [6.07, 6.45) is 8.54. The predicted octanol–water partition coefficient (Wildman–Crippen LogP) is 3.33. The quantitative estimate of drug-likeness (QED) is 0.916. The first-order valence-corrected chi connectivity index (χ1v) is 8.07. The molecule has 112 valence electrons. The first-order valence-electron chi connectivity index (χ1n) is 8.07. The summed E-state index contributed by atoms with van der Waals surface area (Å²) in [5.74, 6) is 0.822. The van der Waals surface area contributed by atoms with Crippen LogP contribution in [0.15, 0.2) is 36.5 Å². The van der Waals surface area contributed by atoms with Gasteiger partial charge in [-0.3, -0.25) is 0 Å².